The highest BCUT2D eigenvalue weighted by atomic mass is 32.1. The number of thiophene rings is 1. The van der Waals surface area contributed by atoms with E-state index in [2.05, 4.69) is 23.7 Å². The monoisotopic (exact) mass is 427 g/mol. The number of hydrogen-bond acceptors (Lipinski definition) is 6. The van der Waals surface area contributed by atoms with Crippen molar-refractivity contribution in [3.8, 4) is 11.5 Å². The first-order chi connectivity index (χ1) is 14.4. The molecule has 1 aliphatic carbocycles. The van der Waals surface area contributed by atoms with Crippen LogP contribution in [0.1, 0.15) is 48.1 Å². The fourth-order valence-electron chi connectivity index (χ4n) is 4.26. The quantitative estimate of drug-likeness (QED) is 0.635. The Labute approximate surface area is 180 Å². The second-order valence-electron chi connectivity index (χ2n) is 8.23. The lowest BCUT2D eigenvalue weighted by Gasteiger charge is -2.25. The summed E-state index contributed by atoms with van der Waals surface area (Å²) < 4.78 is 11.0. The number of methoxy groups -OCH3 is 2. The van der Waals surface area contributed by atoms with E-state index in [4.69, 9.17) is 14.5 Å². The summed E-state index contributed by atoms with van der Waals surface area (Å²) in [5.41, 5.74) is 2.23. The van der Waals surface area contributed by atoms with Crippen LogP contribution in [0.3, 0.4) is 0 Å². The Bertz CT molecular complexity index is 1120. The van der Waals surface area contributed by atoms with Gasteiger partial charge in [0, 0.05) is 17.0 Å². The molecule has 3 aromatic rings. The van der Waals surface area contributed by atoms with Crippen molar-refractivity contribution in [3.05, 3.63) is 50.4 Å². The molecule has 2 atom stereocenters. The van der Waals surface area contributed by atoms with Gasteiger partial charge in [-0.25, -0.2) is 4.98 Å². The Kier molecular flexibility index (Phi) is 5.84. The molecule has 0 fully saturated rings. The number of benzene rings is 1. The summed E-state index contributed by atoms with van der Waals surface area (Å²) in [6, 6.07) is 5.81. The number of rotatable bonds is 6. The van der Waals surface area contributed by atoms with Crippen LogP contribution in [0, 0.1) is 5.92 Å². The van der Waals surface area contributed by atoms with Crippen molar-refractivity contribution in [2.45, 2.75) is 45.7 Å². The van der Waals surface area contributed by atoms with Crippen LogP contribution in [0.2, 0.25) is 0 Å². The molecule has 0 aliphatic heterocycles. The van der Waals surface area contributed by atoms with E-state index in [9.17, 15) is 4.79 Å². The van der Waals surface area contributed by atoms with Gasteiger partial charge >= 0.3 is 0 Å². The highest BCUT2D eigenvalue weighted by molar-refractivity contribution is 7.18. The number of hydrogen-bond donors (Lipinski definition) is 1. The first-order valence-corrected chi connectivity index (χ1v) is 11.2. The van der Waals surface area contributed by atoms with Crippen LogP contribution < -0.4 is 15.0 Å². The minimum absolute atomic E-state index is 0.0127. The van der Waals surface area contributed by atoms with E-state index in [0.717, 1.165) is 40.8 Å². The lowest BCUT2D eigenvalue weighted by atomic mass is 9.89. The van der Waals surface area contributed by atoms with E-state index in [-0.39, 0.29) is 11.6 Å². The predicted octanol–water partition coefficient (Wildman–Crippen LogP) is 4.32. The summed E-state index contributed by atoms with van der Waals surface area (Å²) in [6.07, 6.45) is 3.17. The first-order valence-electron chi connectivity index (χ1n) is 10.4. The highest BCUT2D eigenvalue weighted by Crippen LogP contribution is 2.36. The fraction of sp³-hybridized carbons (Fsp3) is 0.478. The Balaban J connectivity index is 1.63. The molecule has 30 heavy (non-hydrogen) atoms. The van der Waals surface area contributed by atoms with Crippen molar-refractivity contribution < 1.29 is 9.47 Å². The summed E-state index contributed by atoms with van der Waals surface area (Å²) in [4.78, 5) is 25.2. The molecule has 160 valence electrons. The van der Waals surface area contributed by atoms with Gasteiger partial charge in [0.05, 0.1) is 25.6 Å². The average Bonchev–Trinajstić information content (AvgIpc) is 3.10. The van der Waals surface area contributed by atoms with E-state index in [1.54, 1.807) is 25.6 Å². The lowest BCUT2D eigenvalue weighted by molar-refractivity contribution is 0.239. The third kappa shape index (κ3) is 3.72. The maximum Gasteiger partial charge on any atom is 0.259 e. The number of para-hydroxylation sites is 1. The minimum atomic E-state index is -0.0592. The number of nitrogens with one attached hydrogen (secondary N) is 1. The highest BCUT2D eigenvalue weighted by Gasteiger charge is 2.25. The van der Waals surface area contributed by atoms with Gasteiger partial charge in [0.1, 0.15) is 10.7 Å². The van der Waals surface area contributed by atoms with Crippen molar-refractivity contribution in [2.24, 2.45) is 5.92 Å². The smallest absolute Gasteiger partial charge is 0.259 e. The number of aromatic nitrogens is 2. The van der Waals surface area contributed by atoms with Crippen LogP contribution >= 0.6 is 11.3 Å². The van der Waals surface area contributed by atoms with Gasteiger partial charge in [-0.1, -0.05) is 19.1 Å². The molecule has 6 nitrogen and oxygen atoms in total. The molecule has 0 spiro atoms. The topological polar surface area (TPSA) is 67.5 Å². The maximum absolute atomic E-state index is 12.9. The molecule has 0 unspecified atom stereocenters. The number of fused-ring (bicyclic) bond motifs is 3. The van der Waals surface area contributed by atoms with Crippen LogP contribution in [-0.4, -0.2) is 36.1 Å². The van der Waals surface area contributed by atoms with Gasteiger partial charge in [0.25, 0.3) is 5.56 Å². The van der Waals surface area contributed by atoms with Crippen LogP contribution in [0.25, 0.3) is 10.2 Å². The van der Waals surface area contributed by atoms with Gasteiger partial charge in [-0.15, -0.1) is 11.3 Å². The maximum atomic E-state index is 12.9. The number of ether oxygens (including phenoxy) is 2. The second kappa shape index (κ2) is 8.40. The Morgan fingerprint density at radius 1 is 1.33 bits per heavy atom. The van der Waals surface area contributed by atoms with Crippen molar-refractivity contribution in [1.82, 2.24) is 14.9 Å². The standard InChI is InChI=1S/C23H29N3O3S/c1-13-9-10-16-18(11-13)30-23-19(16)22(27)24-21(25-23)14(2)26(3)12-15-7-6-8-17(28-4)20(15)29-5/h6-8,13-14H,9-12H2,1-5H3,(H,24,25,27)/t13-,14-/m1/s1. The van der Waals surface area contributed by atoms with Crippen molar-refractivity contribution in [1.29, 1.82) is 0 Å². The van der Waals surface area contributed by atoms with Gasteiger partial charge < -0.3 is 14.5 Å². The van der Waals surface area contributed by atoms with Gasteiger partial charge in [-0.2, -0.15) is 0 Å². The summed E-state index contributed by atoms with van der Waals surface area (Å²) in [5.74, 6) is 2.81. The molecule has 0 saturated carbocycles. The molecule has 2 heterocycles. The average molecular weight is 428 g/mol. The first kappa shape index (κ1) is 20.9. The number of H-pyrrole nitrogens is 1. The Hall–Kier alpha value is -2.38. The van der Waals surface area contributed by atoms with E-state index in [1.165, 1.54) is 10.4 Å². The van der Waals surface area contributed by atoms with Gasteiger partial charge in [-0.05, 0) is 50.8 Å². The Morgan fingerprint density at radius 2 is 2.13 bits per heavy atom. The zero-order chi connectivity index (χ0) is 21.4. The fourth-order valence-corrected chi connectivity index (χ4v) is 5.65. The van der Waals surface area contributed by atoms with E-state index in [1.807, 2.05) is 25.2 Å². The largest absolute Gasteiger partial charge is 0.493 e. The summed E-state index contributed by atoms with van der Waals surface area (Å²) in [7, 11) is 5.31. The van der Waals surface area contributed by atoms with Gasteiger partial charge in [-0.3, -0.25) is 9.69 Å². The van der Waals surface area contributed by atoms with E-state index >= 15 is 0 Å². The van der Waals surface area contributed by atoms with Crippen LogP contribution in [0.5, 0.6) is 11.5 Å². The third-order valence-electron chi connectivity index (χ3n) is 6.14. The molecule has 2 aromatic heterocycles. The van der Waals surface area contributed by atoms with Crippen LogP contribution in [-0.2, 0) is 19.4 Å². The van der Waals surface area contributed by atoms with Crippen molar-refractivity contribution >= 4 is 21.6 Å². The zero-order valence-electron chi connectivity index (χ0n) is 18.2. The zero-order valence-corrected chi connectivity index (χ0v) is 19.1. The molecule has 1 aliphatic rings. The third-order valence-corrected chi connectivity index (χ3v) is 7.29. The number of aryl methyl sites for hydroxylation is 1. The lowest BCUT2D eigenvalue weighted by Crippen LogP contribution is -2.26. The molecule has 0 amide bonds. The van der Waals surface area contributed by atoms with Crippen molar-refractivity contribution in [2.75, 3.05) is 21.3 Å². The van der Waals surface area contributed by atoms with E-state index < -0.39 is 0 Å². The van der Waals surface area contributed by atoms with E-state index in [0.29, 0.717) is 24.0 Å². The molecule has 0 saturated heterocycles. The molecule has 1 N–H and O–H groups in total. The summed E-state index contributed by atoms with van der Waals surface area (Å²) >= 11 is 1.69. The normalized spacial score (nSPS) is 17.2. The molecular formula is C23H29N3O3S. The summed E-state index contributed by atoms with van der Waals surface area (Å²) in [5, 5.41) is 0.801. The van der Waals surface area contributed by atoms with Crippen LogP contribution in [0.4, 0.5) is 0 Å². The number of nitrogens with zero attached hydrogens (tertiary/aromatic N) is 2. The molecule has 1 aromatic carbocycles. The number of aromatic amines is 1. The molecule has 4 rings (SSSR count). The molecule has 0 radical (unpaired) electrons. The SMILES string of the molecule is COc1cccc(CN(C)[C@H](C)c2nc3sc4c(c3c(=O)[nH]2)CC[C@@H](C)C4)c1OC. The predicted molar refractivity (Wildman–Crippen MR) is 121 cm³/mol. The molecule has 0 bridgehead atoms. The van der Waals surface area contributed by atoms with Gasteiger partial charge in [0.15, 0.2) is 11.5 Å². The molecular weight excluding hydrogens is 398 g/mol. The molecule has 7 heteroatoms. The van der Waals surface area contributed by atoms with Gasteiger partial charge in [0.2, 0.25) is 0 Å². The second-order valence-corrected chi connectivity index (χ2v) is 9.31. The van der Waals surface area contributed by atoms with Crippen molar-refractivity contribution in [3.63, 3.8) is 0 Å². The Morgan fingerprint density at radius 3 is 2.87 bits per heavy atom. The summed E-state index contributed by atoms with van der Waals surface area (Å²) in [6.45, 7) is 4.98. The van der Waals surface area contributed by atoms with Crippen LogP contribution in [0.15, 0.2) is 23.0 Å². The minimum Gasteiger partial charge on any atom is -0.493 e.